The fourth-order valence-corrected chi connectivity index (χ4v) is 1.72. The van der Waals surface area contributed by atoms with Crippen molar-refractivity contribution in [2.45, 2.75) is 19.4 Å². The molecule has 74 valence electrons. The molecule has 1 atom stereocenters. The molecule has 1 fully saturated rings. The van der Waals surface area contributed by atoms with E-state index in [1.807, 2.05) is 31.2 Å². The van der Waals surface area contributed by atoms with Crippen LogP contribution in [0.3, 0.4) is 0 Å². The average molecular weight is 191 g/mol. The van der Waals surface area contributed by atoms with Crippen LogP contribution in [0.15, 0.2) is 24.3 Å². The number of hydrogen-bond donors (Lipinski definition) is 1. The van der Waals surface area contributed by atoms with E-state index >= 15 is 0 Å². The van der Waals surface area contributed by atoms with Crippen LogP contribution in [0, 0.1) is 6.92 Å². The zero-order valence-corrected chi connectivity index (χ0v) is 8.10. The third kappa shape index (κ3) is 1.40. The molecule has 1 aliphatic heterocycles. The minimum absolute atomic E-state index is 0.0260. The summed E-state index contributed by atoms with van der Waals surface area (Å²) in [6, 6.07) is 8.14. The molecule has 0 bridgehead atoms. The smallest absolute Gasteiger partial charge is 0.227 e. The van der Waals surface area contributed by atoms with Crippen LogP contribution in [0.4, 0.5) is 0 Å². The number of nitrogens with zero attached hydrogens (tertiary/aromatic N) is 1. The Hall–Kier alpha value is -1.35. The Morgan fingerprint density at radius 3 is 2.57 bits per heavy atom. The van der Waals surface area contributed by atoms with E-state index in [4.69, 9.17) is 5.11 Å². The molecule has 0 radical (unpaired) electrons. The van der Waals surface area contributed by atoms with Crippen molar-refractivity contribution in [3.05, 3.63) is 35.4 Å². The SMILES string of the molecule is Cc1ccc([C@H]2CC(=O)N2CO)cc1. The first-order chi connectivity index (χ1) is 6.72. The van der Waals surface area contributed by atoms with Crippen LogP contribution < -0.4 is 0 Å². The standard InChI is InChI=1S/C11H13NO2/c1-8-2-4-9(5-3-8)10-6-11(14)12(10)7-13/h2-5,10,13H,6-7H2,1H3/t10-/m1/s1. The maximum absolute atomic E-state index is 11.1. The van der Waals surface area contributed by atoms with Crippen molar-refractivity contribution in [2.24, 2.45) is 0 Å². The van der Waals surface area contributed by atoms with Gasteiger partial charge in [0.2, 0.25) is 5.91 Å². The summed E-state index contributed by atoms with van der Waals surface area (Å²) in [5, 5.41) is 8.95. The summed E-state index contributed by atoms with van der Waals surface area (Å²) in [6.07, 6.45) is 0.517. The summed E-state index contributed by atoms with van der Waals surface area (Å²) >= 11 is 0. The number of carbonyl (C=O) groups excluding carboxylic acids is 1. The minimum Gasteiger partial charge on any atom is -0.376 e. The van der Waals surface area contributed by atoms with Gasteiger partial charge in [0.25, 0.3) is 0 Å². The maximum atomic E-state index is 11.1. The highest BCUT2D eigenvalue weighted by Crippen LogP contribution is 2.33. The Bertz CT molecular complexity index is 345. The van der Waals surface area contributed by atoms with E-state index in [-0.39, 0.29) is 18.7 Å². The number of hydrogen-bond acceptors (Lipinski definition) is 2. The Morgan fingerprint density at radius 1 is 1.43 bits per heavy atom. The minimum atomic E-state index is -0.183. The number of benzene rings is 1. The van der Waals surface area contributed by atoms with E-state index in [1.54, 1.807) is 0 Å². The van der Waals surface area contributed by atoms with Gasteiger partial charge in [0, 0.05) is 0 Å². The van der Waals surface area contributed by atoms with Crippen LogP contribution in [0.2, 0.25) is 0 Å². The van der Waals surface area contributed by atoms with Crippen molar-refractivity contribution in [2.75, 3.05) is 6.73 Å². The molecule has 0 spiro atoms. The van der Waals surface area contributed by atoms with Crippen molar-refractivity contribution >= 4 is 5.91 Å². The fraction of sp³-hybridized carbons (Fsp3) is 0.364. The summed E-state index contributed by atoms with van der Waals surface area (Å²) < 4.78 is 0. The highest BCUT2D eigenvalue weighted by molar-refractivity contribution is 5.83. The molecule has 2 rings (SSSR count). The molecule has 1 heterocycles. The molecule has 14 heavy (non-hydrogen) atoms. The lowest BCUT2D eigenvalue weighted by Crippen LogP contribution is -2.46. The van der Waals surface area contributed by atoms with Crippen molar-refractivity contribution in [1.82, 2.24) is 4.90 Å². The van der Waals surface area contributed by atoms with E-state index < -0.39 is 0 Å². The molecule has 0 unspecified atom stereocenters. The number of rotatable bonds is 2. The molecule has 3 heteroatoms. The number of likely N-dealkylation sites (tertiary alicyclic amines) is 1. The lowest BCUT2D eigenvalue weighted by Gasteiger charge is -2.39. The molecule has 1 aliphatic rings. The summed E-state index contributed by atoms with van der Waals surface area (Å²) in [7, 11) is 0. The van der Waals surface area contributed by atoms with E-state index in [0.717, 1.165) is 5.56 Å². The fourth-order valence-electron chi connectivity index (χ4n) is 1.72. The lowest BCUT2D eigenvalue weighted by atomic mass is 9.94. The van der Waals surface area contributed by atoms with E-state index in [1.165, 1.54) is 10.5 Å². The number of aryl methyl sites for hydroxylation is 1. The van der Waals surface area contributed by atoms with Gasteiger partial charge in [0.15, 0.2) is 0 Å². The third-order valence-corrected chi connectivity index (χ3v) is 2.68. The van der Waals surface area contributed by atoms with Crippen LogP contribution in [-0.2, 0) is 4.79 Å². The van der Waals surface area contributed by atoms with E-state index in [0.29, 0.717) is 6.42 Å². The number of aliphatic hydroxyl groups is 1. The van der Waals surface area contributed by atoms with Gasteiger partial charge < -0.3 is 10.0 Å². The number of amides is 1. The van der Waals surface area contributed by atoms with E-state index in [9.17, 15) is 4.79 Å². The van der Waals surface area contributed by atoms with Gasteiger partial charge in [-0.05, 0) is 12.5 Å². The Morgan fingerprint density at radius 2 is 2.07 bits per heavy atom. The molecule has 1 saturated heterocycles. The van der Waals surface area contributed by atoms with Crippen LogP contribution in [0.1, 0.15) is 23.6 Å². The Balaban J connectivity index is 2.17. The normalized spacial score (nSPS) is 20.9. The molecule has 3 nitrogen and oxygen atoms in total. The Kier molecular flexibility index (Phi) is 2.25. The van der Waals surface area contributed by atoms with Crippen molar-refractivity contribution in [3.8, 4) is 0 Å². The van der Waals surface area contributed by atoms with Crippen LogP contribution in [-0.4, -0.2) is 22.6 Å². The highest BCUT2D eigenvalue weighted by atomic mass is 16.3. The van der Waals surface area contributed by atoms with Crippen LogP contribution in [0.25, 0.3) is 0 Å². The quantitative estimate of drug-likeness (QED) is 0.714. The van der Waals surface area contributed by atoms with Crippen molar-refractivity contribution in [1.29, 1.82) is 0 Å². The van der Waals surface area contributed by atoms with Crippen LogP contribution >= 0.6 is 0 Å². The van der Waals surface area contributed by atoms with Gasteiger partial charge in [0.1, 0.15) is 6.73 Å². The van der Waals surface area contributed by atoms with Crippen LogP contribution in [0.5, 0.6) is 0 Å². The topological polar surface area (TPSA) is 40.5 Å². The zero-order chi connectivity index (χ0) is 10.1. The largest absolute Gasteiger partial charge is 0.376 e. The van der Waals surface area contributed by atoms with Gasteiger partial charge in [-0.15, -0.1) is 0 Å². The summed E-state index contributed by atoms with van der Waals surface area (Å²) in [5.41, 5.74) is 2.30. The number of aliphatic hydroxyl groups excluding tert-OH is 1. The second-order valence-corrected chi connectivity index (χ2v) is 3.64. The second-order valence-electron chi connectivity index (χ2n) is 3.64. The first-order valence-electron chi connectivity index (χ1n) is 4.69. The molecular formula is C11H13NO2. The van der Waals surface area contributed by atoms with Gasteiger partial charge >= 0.3 is 0 Å². The number of carbonyl (C=O) groups is 1. The Labute approximate surface area is 83.0 Å². The molecule has 0 aromatic heterocycles. The van der Waals surface area contributed by atoms with Gasteiger partial charge in [-0.3, -0.25) is 4.79 Å². The first-order valence-corrected chi connectivity index (χ1v) is 4.69. The second kappa shape index (κ2) is 3.42. The van der Waals surface area contributed by atoms with Gasteiger partial charge in [-0.1, -0.05) is 29.8 Å². The summed E-state index contributed by atoms with van der Waals surface area (Å²) in [6.45, 7) is 1.84. The molecule has 1 aromatic rings. The van der Waals surface area contributed by atoms with E-state index in [2.05, 4.69) is 0 Å². The molecule has 1 N–H and O–H groups in total. The highest BCUT2D eigenvalue weighted by Gasteiger charge is 2.36. The molecule has 1 amide bonds. The monoisotopic (exact) mass is 191 g/mol. The predicted octanol–water partition coefficient (Wildman–Crippen LogP) is 1.22. The maximum Gasteiger partial charge on any atom is 0.227 e. The zero-order valence-electron chi connectivity index (χ0n) is 8.10. The lowest BCUT2D eigenvalue weighted by molar-refractivity contribution is -0.152. The summed E-state index contributed by atoms with van der Waals surface area (Å²) in [5.74, 6) is 0.0260. The molecule has 0 aliphatic carbocycles. The molecular weight excluding hydrogens is 178 g/mol. The first kappa shape index (κ1) is 9.21. The van der Waals surface area contributed by atoms with Gasteiger partial charge in [0.05, 0.1) is 12.5 Å². The van der Waals surface area contributed by atoms with Gasteiger partial charge in [-0.25, -0.2) is 0 Å². The average Bonchev–Trinajstić information content (AvgIpc) is 2.16. The van der Waals surface area contributed by atoms with Crippen molar-refractivity contribution in [3.63, 3.8) is 0 Å². The van der Waals surface area contributed by atoms with Crippen molar-refractivity contribution < 1.29 is 9.90 Å². The van der Waals surface area contributed by atoms with Gasteiger partial charge in [-0.2, -0.15) is 0 Å². The predicted molar refractivity (Wildman–Crippen MR) is 52.5 cm³/mol. The molecule has 1 aromatic carbocycles. The summed E-state index contributed by atoms with van der Waals surface area (Å²) in [4.78, 5) is 12.6. The number of β-lactam (4-membered cyclic amide) rings is 1. The third-order valence-electron chi connectivity index (χ3n) is 2.68. The molecule has 0 saturated carbocycles.